The summed E-state index contributed by atoms with van der Waals surface area (Å²) >= 11 is 18.1. The highest BCUT2D eigenvalue weighted by Gasteiger charge is 2.18. The molecule has 0 bridgehead atoms. The van der Waals surface area contributed by atoms with E-state index in [1.165, 1.54) is 6.08 Å². The Bertz CT molecular complexity index is 935. The van der Waals surface area contributed by atoms with Gasteiger partial charge < -0.3 is 14.8 Å². The van der Waals surface area contributed by atoms with E-state index in [2.05, 4.69) is 5.32 Å². The lowest BCUT2D eigenvalue weighted by atomic mass is 10.1. The molecule has 0 aromatic heterocycles. The minimum Gasteiger partial charge on any atom is -0.454 e. The molecule has 1 aliphatic heterocycles. The van der Waals surface area contributed by atoms with Gasteiger partial charge in [-0.3, -0.25) is 4.79 Å². The minimum absolute atomic E-state index is 0.0949. The van der Waals surface area contributed by atoms with Gasteiger partial charge in [-0.25, -0.2) is 0 Å². The Morgan fingerprint density at radius 2 is 1.88 bits per heavy atom. The Kier molecular flexibility index (Phi) is 5.05. The largest absolute Gasteiger partial charge is 0.454 e. The second kappa shape index (κ2) is 7.24. The summed E-state index contributed by atoms with van der Waals surface area (Å²) in [6, 6.07) is 9.81. The monoisotopic (exact) mass is 394 g/mol. The number of rotatable bonds is 3. The molecule has 5 nitrogen and oxygen atoms in total. The van der Waals surface area contributed by atoms with Gasteiger partial charge in [0.05, 0.1) is 20.8 Å². The first-order chi connectivity index (χ1) is 12.0. The molecule has 0 saturated carbocycles. The van der Waals surface area contributed by atoms with Crippen LogP contribution < -0.4 is 14.8 Å². The van der Waals surface area contributed by atoms with Crippen molar-refractivity contribution in [2.24, 2.45) is 0 Å². The Morgan fingerprint density at radius 1 is 1.16 bits per heavy atom. The lowest BCUT2D eigenvalue weighted by Crippen LogP contribution is -2.13. The molecule has 1 aliphatic rings. The van der Waals surface area contributed by atoms with Crippen molar-refractivity contribution in [3.63, 3.8) is 0 Å². The standard InChI is InChI=1S/C17H9Cl3N2O3/c18-11-2-1-3-13(16(11)20)22-17(23)10(7-21)4-9-5-14-15(6-12(9)19)25-8-24-14/h1-6H,8H2,(H,22,23)/b10-4-. The third-order valence-corrected chi connectivity index (χ3v) is 4.50. The van der Waals surface area contributed by atoms with E-state index in [4.69, 9.17) is 44.3 Å². The molecule has 0 radical (unpaired) electrons. The molecule has 0 fully saturated rings. The van der Waals surface area contributed by atoms with Crippen LogP contribution in [0.2, 0.25) is 15.1 Å². The number of fused-ring (bicyclic) bond motifs is 1. The zero-order chi connectivity index (χ0) is 18.0. The number of nitrogens with one attached hydrogen (secondary N) is 1. The van der Waals surface area contributed by atoms with Gasteiger partial charge in [-0.2, -0.15) is 5.26 Å². The SMILES string of the molecule is N#C/C(=C/c1cc2c(cc1Cl)OCO2)C(=O)Nc1cccc(Cl)c1Cl. The van der Waals surface area contributed by atoms with E-state index >= 15 is 0 Å². The van der Waals surface area contributed by atoms with Crippen LogP contribution >= 0.6 is 34.8 Å². The molecular formula is C17H9Cl3N2O3. The fourth-order valence-electron chi connectivity index (χ4n) is 2.14. The number of hydrogen-bond acceptors (Lipinski definition) is 4. The molecule has 0 unspecified atom stereocenters. The Morgan fingerprint density at radius 3 is 2.60 bits per heavy atom. The van der Waals surface area contributed by atoms with Crippen LogP contribution in [-0.4, -0.2) is 12.7 Å². The number of ether oxygens (including phenoxy) is 2. The molecule has 1 amide bonds. The summed E-state index contributed by atoms with van der Waals surface area (Å²) in [4.78, 5) is 12.4. The van der Waals surface area contributed by atoms with Gasteiger partial charge in [0.25, 0.3) is 5.91 Å². The maximum Gasteiger partial charge on any atom is 0.266 e. The summed E-state index contributed by atoms with van der Waals surface area (Å²) in [7, 11) is 0. The van der Waals surface area contributed by atoms with Crippen molar-refractivity contribution >= 4 is 52.5 Å². The summed E-state index contributed by atoms with van der Waals surface area (Å²) in [5, 5.41) is 12.7. The van der Waals surface area contributed by atoms with Gasteiger partial charge in [0.2, 0.25) is 6.79 Å². The quantitative estimate of drug-likeness (QED) is 0.591. The van der Waals surface area contributed by atoms with Crippen molar-refractivity contribution in [1.82, 2.24) is 0 Å². The third kappa shape index (κ3) is 3.67. The Balaban J connectivity index is 1.89. The molecule has 0 aliphatic carbocycles. The van der Waals surface area contributed by atoms with E-state index < -0.39 is 5.91 Å². The molecule has 2 aromatic carbocycles. The van der Waals surface area contributed by atoms with Crippen molar-refractivity contribution in [1.29, 1.82) is 5.26 Å². The highest BCUT2D eigenvalue weighted by atomic mass is 35.5. The fraction of sp³-hybridized carbons (Fsp3) is 0.0588. The van der Waals surface area contributed by atoms with Crippen molar-refractivity contribution in [2.45, 2.75) is 0 Å². The molecule has 0 atom stereocenters. The van der Waals surface area contributed by atoms with Gasteiger partial charge in [0.15, 0.2) is 11.5 Å². The lowest BCUT2D eigenvalue weighted by Gasteiger charge is -2.08. The highest BCUT2D eigenvalue weighted by Crippen LogP contribution is 2.37. The molecule has 1 heterocycles. The number of anilines is 1. The first-order valence-corrected chi connectivity index (χ1v) is 8.09. The van der Waals surface area contributed by atoms with Gasteiger partial charge in [-0.15, -0.1) is 0 Å². The van der Waals surface area contributed by atoms with E-state index in [9.17, 15) is 10.1 Å². The van der Waals surface area contributed by atoms with E-state index in [1.807, 2.05) is 6.07 Å². The number of halogens is 3. The maximum atomic E-state index is 12.4. The summed E-state index contributed by atoms with van der Waals surface area (Å²) in [5.41, 5.74) is 0.601. The van der Waals surface area contributed by atoms with E-state index in [-0.39, 0.29) is 17.4 Å². The van der Waals surface area contributed by atoms with E-state index in [0.29, 0.717) is 32.8 Å². The maximum absolute atomic E-state index is 12.4. The Hall–Kier alpha value is -2.39. The van der Waals surface area contributed by atoms with Gasteiger partial charge in [0.1, 0.15) is 11.6 Å². The molecule has 0 spiro atoms. The van der Waals surface area contributed by atoms with Crippen molar-refractivity contribution < 1.29 is 14.3 Å². The van der Waals surface area contributed by atoms with Gasteiger partial charge in [-0.1, -0.05) is 40.9 Å². The van der Waals surface area contributed by atoms with Crippen LogP contribution in [0.25, 0.3) is 6.08 Å². The Labute approximate surface area is 158 Å². The predicted molar refractivity (Wildman–Crippen MR) is 96.3 cm³/mol. The summed E-state index contributed by atoms with van der Waals surface area (Å²) < 4.78 is 10.5. The number of benzene rings is 2. The van der Waals surface area contributed by atoms with Crippen LogP contribution in [0.15, 0.2) is 35.9 Å². The fourth-order valence-corrected chi connectivity index (χ4v) is 2.69. The number of nitriles is 1. The van der Waals surface area contributed by atoms with Crippen LogP contribution in [0, 0.1) is 11.3 Å². The second-order valence-electron chi connectivity index (χ2n) is 4.95. The average molecular weight is 396 g/mol. The van der Waals surface area contributed by atoms with Gasteiger partial charge in [0, 0.05) is 6.07 Å². The van der Waals surface area contributed by atoms with Crippen LogP contribution in [0.3, 0.4) is 0 Å². The summed E-state index contributed by atoms with van der Waals surface area (Å²) in [5.74, 6) is 0.363. The number of carbonyl (C=O) groups excluding carboxylic acids is 1. The first-order valence-electron chi connectivity index (χ1n) is 6.96. The predicted octanol–water partition coefficient (Wildman–Crippen LogP) is 4.92. The van der Waals surface area contributed by atoms with Crippen molar-refractivity contribution in [3.8, 4) is 17.6 Å². The van der Waals surface area contributed by atoms with E-state index in [0.717, 1.165) is 0 Å². The van der Waals surface area contributed by atoms with Crippen LogP contribution in [0.5, 0.6) is 11.5 Å². The zero-order valence-electron chi connectivity index (χ0n) is 12.5. The molecular weight excluding hydrogens is 387 g/mol. The lowest BCUT2D eigenvalue weighted by molar-refractivity contribution is -0.112. The van der Waals surface area contributed by atoms with Crippen molar-refractivity contribution in [3.05, 3.63) is 56.5 Å². The average Bonchev–Trinajstić information content (AvgIpc) is 3.03. The molecule has 25 heavy (non-hydrogen) atoms. The topological polar surface area (TPSA) is 71.3 Å². The number of carbonyl (C=O) groups is 1. The summed E-state index contributed by atoms with van der Waals surface area (Å²) in [6.45, 7) is 0.0949. The second-order valence-corrected chi connectivity index (χ2v) is 6.14. The highest BCUT2D eigenvalue weighted by molar-refractivity contribution is 6.44. The smallest absolute Gasteiger partial charge is 0.266 e. The zero-order valence-corrected chi connectivity index (χ0v) is 14.7. The molecule has 3 rings (SSSR count). The van der Waals surface area contributed by atoms with Crippen LogP contribution in [-0.2, 0) is 4.79 Å². The van der Waals surface area contributed by atoms with E-state index in [1.54, 1.807) is 30.3 Å². The number of amides is 1. The van der Waals surface area contributed by atoms with Crippen LogP contribution in [0.1, 0.15) is 5.56 Å². The summed E-state index contributed by atoms with van der Waals surface area (Å²) in [6.07, 6.45) is 1.36. The molecule has 8 heteroatoms. The number of nitrogens with zero attached hydrogens (tertiary/aromatic N) is 1. The normalized spacial score (nSPS) is 12.6. The number of hydrogen-bond donors (Lipinski definition) is 1. The molecule has 126 valence electrons. The van der Waals surface area contributed by atoms with Gasteiger partial charge in [-0.05, 0) is 29.8 Å². The molecule has 0 saturated heterocycles. The van der Waals surface area contributed by atoms with Gasteiger partial charge >= 0.3 is 0 Å². The van der Waals surface area contributed by atoms with Crippen LogP contribution in [0.4, 0.5) is 5.69 Å². The first kappa shape index (κ1) is 17.4. The molecule has 1 N–H and O–H groups in total. The third-order valence-electron chi connectivity index (χ3n) is 3.36. The molecule has 2 aromatic rings. The minimum atomic E-state index is -0.639. The van der Waals surface area contributed by atoms with Crippen molar-refractivity contribution in [2.75, 3.05) is 12.1 Å².